The van der Waals surface area contributed by atoms with Crippen LogP contribution in [0.25, 0.3) is 11.3 Å². The van der Waals surface area contributed by atoms with Crippen LogP contribution in [-0.2, 0) is 11.8 Å². The zero-order valence-corrected chi connectivity index (χ0v) is 16.9. The smallest absolute Gasteiger partial charge is 0.276 e. The fraction of sp³-hybridized carbons (Fsp3) is 0.304. The fourth-order valence-electron chi connectivity index (χ4n) is 3.83. The highest BCUT2D eigenvalue weighted by atomic mass is 19.1. The standard InChI is InChI=1S/C23H23F2N3O2/c1-14-6-7-16(15-8-10-30-11-9-15)12-17(14)21-13-20(27-28(21)2)23(29)26-22-18(24)4-3-5-19(22)25/h3-7,12-13,15H,8-11H2,1-2H3,(H,26,29). The molecule has 1 aliphatic rings. The lowest BCUT2D eigenvalue weighted by atomic mass is 9.89. The maximum Gasteiger partial charge on any atom is 0.276 e. The van der Waals surface area contributed by atoms with Crippen LogP contribution < -0.4 is 5.32 Å². The summed E-state index contributed by atoms with van der Waals surface area (Å²) in [6.45, 7) is 3.53. The van der Waals surface area contributed by atoms with Gasteiger partial charge in [-0.05, 0) is 61.1 Å². The van der Waals surface area contributed by atoms with Crippen LogP contribution in [0.2, 0.25) is 0 Å². The second-order valence-electron chi connectivity index (χ2n) is 7.55. The molecule has 7 heteroatoms. The highest BCUT2D eigenvalue weighted by Gasteiger charge is 2.21. The minimum absolute atomic E-state index is 0.0889. The summed E-state index contributed by atoms with van der Waals surface area (Å²) in [6.07, 6.45) is 1.96. The molecule has 1 saturated heterocycles. The van der Waals surface area contributed by atoms with Crippen molar-refractivity contribution in [3.05, 3.63) is 70.9 Å². The van der Waals surface area contributed by atoms with Gasteiger partial charge < -0.3 is 10.1 Å². The Labute approximate surface area is 173 Å². The molecule has 1 aromatic heterocycles. The fourth-order valence-corrected chi connectivity index (χ4v) is 3.83. The van der Waals surface area contributed by atoms with Gasteiger partial charge in [-0.25, -0.2) is 8.78 Å². The lowest BCUT2D eigenvalue weighted by Crippen LogP contribution is -2.15. The van der Waals surface area contributed by atoms with Crippen LogP contribution in [0.15, 0.2) is 42.5 Å². The molecule has 4 rings (SSSR count). The molecule has 0 spiro atoms. The predicted octanol–water partition coefficient (Wildman–Crippen LogP) is 4.82. The van der Waals surface area contributed by atoms with E-state index in [1.807, 2.05) is 6.92 Å². The molecule has 0 saturated carbocycles. The van der Waals surface area contributed by atoms with Crippen molar-refractivity contribution in [1.82, 2.24) is 9.78 Å². The Morgan fingerprint density at radius 1 is 1.13 bits per heavy atom. The van der Waals surface area contributed by atoms with Gasteiger partial charge in [0, 0.05) is 25.8 Å². The normalized spacial score (nSPS) is 14.7. The second-order valence-corrected chi connectivity index (χ2v) is 7.55. The van der Waals surface area contributed by atoms with E-state index < -0.39 is 23.2 Å². The first-order valence-corrected chi connectivity index (χ1v) is 9.92. The number of aryl methyl sites for hydroxylation is 2. The minimum Gasteiger partial charge on any atom is -0.381 e. The van der Waals surface area contributed by atoms with Crippen LogP contribution in [0.5, 0.6) is 0 Å². The number of rotatable bonds is 4. The molecular formula is C23H23F2N3O2. The highest BCUT2D eigenvalue weighted by molar-refractivity contribution is 6.03. The van der Waals surface area contributed by atoms with Crippen LogP contribution in [0.3, 0.4) is 0 Å². The van der Waals surface area contributed by atoms with Gasteiger partial charge in [-0.15, -0.1) is 0 Å². The molecule has 2 aromatic carbocycles. The van der Waals surface area contributed by atoms with Gasteiger partial charge in [-0.1, -0.05) is 18.2 Å². The molecule has 156 valence electrons. The van der Waals surface area contributed by atoms with Crippen LogP contribution in [0.4, 0.5) is 14.5 Å². The lowest BCUT2D eigenvalue weighted by molar-refractivity contribution is 0.0853. The molecule has 3 aromatic rings. The summed E-state index contributed by atoms with van der Waals surface area (Å²) in [4.78, 5) is 12.6. The Morgan fingerprint density at radius 2 is 1.83 bits per heavy atom. The summed E-state index contributed by atoms with van der Waals surface area (Å²) in [6, 6.07) is 11.4. The van der Waals surface area contributed by atoms with Crippen molar-refractivity contribution in [3.8, 4) is 11.3 Å². The van der Waals surface area contributed by atoms with Crippen molar-refractivity contribution in [2.75, 3.05) is 18.5 Å². The zero-order chi connectivity index (χ0) is 21.3. The van der Waals surface area contributed by atoms with E-state index in [2.05, 4.69) is 28.6 Å². The number of nitrogens with one attached hydrogen (secondary N) is 1. The first-order valence-electron chi connectivity index (χ1n) is 9.92. The number of hydrogen-bond acceptors (Lipinski definition) is 3. The number of aromatic nitrogens is 2. The van der Waals surface area contributed by atoms with Crippen molar-refractivity contribution in [2.45, 2.75) is 25.7 Å². The van der Waals surface area contributed by atoms with Gasteiger partial charge >= 0.3 is 0 Å². The maximum atomic E-state index is 13.9. The molecule has 0 bridgehead atoms. The topological polar surface area (TPSA) is 56.1 Å². The van der Waals surface area contributed by atoms with E-state index in [0.29, 0.717) is 5.92 Å². The molecule has 0 aliphatic carbocycles. The number of anilines is 1. The average Bonchev–Trinajstić information content (AvgIpc) is 3.13. The van der Waals surface area contributed by atoms with Gasteiger partial charge in [0.2, 0.25) is 0 Å². The van der Waals surface area contributed by atoms with E-state index in [-0.39, 0.29) is 5.69 Å². The van der Waals surface area contributed by atoms with Gasteiger partial charge in [-0.2, -0.15) is 5.10 Å². The van der Waals surface area contributed by atoms with E-state index in [4.69, 9.17) is 4.74 Å². The third-order valence-corrected chi connectivity index (χ3v) is 5.54. The molecule has 1 N–H and O–H groups in total. The molecule has 0 atom stereocenters. The highest BCUT2D eigenvalue weighted by Crippen LogP contribution is 2.32. The Morgan fingerprint density at radius 3 is 2.53 bits per heavy atom. The van der Waals surface area contributed by atoms with Crippen LogP contribution in [0.1, 0.15) is 40.4 Å². The van der Waals surface area contributed by atoms with Crippen molar-refractivity contribution < 1.29 is 18.3 Å². The number of amides is 1. The Bertz CT molecular complexity index is 1070. The summed E-state index contributed by atoms with van der Waals surface area (Å²) in [7, 11) is 1.75. The zero-order valence-electron chi connectivity index (χ0n) is 16.9. The van der Waals surface area contributed by atoms with E-state index in [1.54, 1.807) is 17.8 Å². The summed E-state index contributed by atoms with van der Waals surface area (Å²) >= 11 is 0. The molecule has 0 radical (unpaired) electrons. The molecule has 30 heavy (non-hydrogen) atoms. The second kappa shape index (κ2) is 8.36. The van der Waals surface area contributed by atoms with Crippen LogP contribution >= 0.6 is 0 Å². The van der Waals surface area contributed by atoms with Gasteiger partial charge in [0.15, 0.2) is 5.69 Å². The minimum atomic E-state index is -0.834. The molecule has 1 aliphatic heterocycles. The van der Waals surface area contributed by atoms with Gasteiger partial charge in [0.1, 0.15) is 17.3 Å². The van der Waals surface area contributed by atoms with Crippen molar-refractivity contribution in [3.63, 3.8) is 0 Å². The maximum absolute atomic E-state index is 13.9. The van der Waals surface area contributed by atoms with Crippen LogP contribution in [-0.4, -0.2) is 28.9 Å². The van der Waals surface area contributed by atoms with Gasteiger partial charge in [0.05, 0.1) is 5.69 Å². The number of hydrogen-bond donors (Lipinski definition) is 1. The molecule has 1 fully saturated rings. The largest absolute Gasteiger partial charge is 0.381 e. The summed E-state index contributed by atoms with van der Waals surface area (Å²) in [5, 5.41) is 6.55. The molecular weight excluding hydrogens is 388 g/mol. The predicted molar refractivity (Wildman–Crippen MR) is 110 cm³/mol. The Kier molecular flexibility index (Phi) is 5.63. The lowest BCUT2D eigenvalue weighted by Gasteiger charge is -2.23. The summed E-state index contributed by atoms with van der Waals surface area (Å²) < 4.78 is 34.8. The van der Waals surface area contributed by atoms with E-state index in [0.717, 1.165) is 55.0 Å². The Balaban J connectivity index is 1.63. The summed E-state index contributed by atoms with van der Waals surface area (Å²) in [5.74, 6) is -1.89. The van der Waals surface area contributed by atoms with Crippen molar-refractivity contribution >= 4 is 11.6 Å². The molecule has 1 amide bonds. The van der Waals surface area contributed by atoms with E-state index in [9.17, 15) is 13.6 Å². The van der Waals surface area contributed by atoms with Crippen molar-refractivity contribution in [2.24, 2.45) is 7.05 Å². The van der Waals surface area contributed by atoms with E-state index in [1.165, 1.54) is 11.6 Å². The quantitative estimate of drug-likeness (QED) is 0.670. The number of para-hydroxylation sites is 1. The average molecular weight is 411 g/mol. The monoisotopic (exact) mass is 411 g/mol. The molecule has 2 heterocycles. The van der Waals surface area contributed by atoms with Crippen LogP contribution in [0, 0.1) is 18.6 Å². The number of halogens is 2. The molecule has 0 unspecified atom stereocenters. The van der Waals surface area contributed by atoms with Gasteiger partial charge in [-0.3, -0.25) is 9.48 Å². The number of ether oxygens (including phenoxy) is 1. The van der Waals surface area contributed by atoms with Gasteiger partial charge in [0.25, 0.3) is 5.91 Å². The third kappa shape index (κ3) is 3.98. The summed E-state index contributed by atoms with van der Waals surface area (Å²) in [5.41, 5.74) is 3.64. The first-order chi connectivity index (χ1) is 14.4. The number of carbonyl (C=O) groups is 1. The first kappa shape index (κ1) is 20.2. The number of benzene rings is 2. The number of carbonyl (C=O) groups excluding carboxylic acids is 1. The van der Waals surface area contributed by atoms with E-state index >= 15 is 0 Å². The number of nitrogens with zero attached hydrogens (tertiary/aromatic N) is 2. The Hall–Kier alpha value is -3.06. The van der Waals surface area contributed by atoms with Crippen molar-refractivity contribution in [1.29, 1.82) is 0 Å². The molecule has 5 nitrogen and oxygen atoms in total. The SMILES string of the molecule is Cc1ccc(C2CCOCC2)cc1-c1cc(C(=O)Nc2c(F)cccc2F)nn1C. The third-order valence-electron chi connectivity index (χ3n) is 5.54.